The van der Waals surface area contributed by atoms with E-state index in [0.29, 0.717) is 46.7 Å². The van der Waals surface area contributed by atoms with E-state index in [2.05, 4.69) is 19.2 Å². The van der Waals surface area contributed by atoms with Crippen LogP contribution in [0.2, 0.25) is 10.0 Å². The third-order valence-corrected chi connectivity index (χ3v) is 6.93. The Labute approximate surface area is 204 Å². The molecule has 2 unspecified atom stereocenters. The van der Waals surface area contributed by atoms with Crippen molar-refractivity contribution in [3.05, 3.63) is 63.6 Å². The number of aliphatic hydroxyl groups excluding tert-OH is 1. The fourth-order valence-corrected chi connectivity index (χ4v) is 5.12. The summed E-state index contributed by atoms with van der Waals surface area (Å²) in [6.45, 7) is 5.31. The predicted molar refractivity (Wildman–Crippen MR) is 131 cm³/mol. The maximum atomic E-state index is 13.9. The fourth-order valence-electron chi connectivity index (χ4n) is 4.73. The molecular formula is C25H29Cl2N3O3. The molecule has 2 heterocycles. The zero-order valence-electron chi connectivity index (χ0n) is 18.9. The number of urea groups is 1. The van der Waals surface area contributed by atoms with Gasteiger partial charge >= 0.3 is 6.03 Å². The minimum Gasteiger partial charge on any atom is -0.391 e. The lowest BCUT2D eigenvalue weighted by atomic mass is 9.82. The first kappa shape index (κ1) is 23.9. The molecule has 0 saturated carbocycles. The molecule has 2 aliphatic heterocycles. The van der Waals surface area contributed by atoms with Gasteiger partial charge in [0.2, 0.25) is 0 Å². The van der Waals surface area contributed by atoms with E-state index in [4.69, 9.17) is 23.2 Å². The second-order valence-corrected chi connectivity index (χ2v) is 10.2. The van der Waals surface area contributed by atoms with E-state index in [0.717, 1.165) is 12.0 Å². The number of β-amino-alcohol motifs (C(OH)–C–C–N with tert-alkyl or cyclic N) is 1. The van der Waals surface area contributed by atoms with Gasteiger partial charge in [-0.05, 0) is 48.6 Å². The summed E-state index contributed by atoms with van der Waals surface area (Å²) < 4.78 is 0. The Hall–Kier alpha value is -2.28. The van der Waals surface area contributed by atoms with Crippen LogP contribution in [-0.4, -0.2) is 52.6 Å². The zero-order chi connectivity index (χ0) is 23.8. The Morgan fingerprint density at radius 1 is 1.24 bits per heavy atom. The topological polar surface area (TPSA) is 72.9 Å². The molecule has 0 radical (unpaired) electrons. The van der Waals surface area contributed by atoms with E-state index in [1.807, 2.05) is 24.3 Å². The predicted octanol–water partition coefficient (Wildman–Crippen LogP) is 4.92. The van der Waals surface area contributed by atoms with E-state index in [1.54, 1.807) is 28.0 Å². The van der Waals surface area contributed by atoms with Crippen molar-refractivity contribution in [1.82, 2.24) is 9.80 Å². The van der Waals surface area contributed by atoms with Crippen molar-refractivity contribution in [2.24, 2.45) is 5.92 Å². The number of hydrogen-bond acceptors (Lipinski definition) is 3. The Morgan fingerprint density at radius 2 is 2.00 bits per heavy atom. The van der Waals surface area contributed by atoms with Crippen molar-refractivity contribution in [2.45, 2.75) is 44.8 Å². The molecule has 2 aliphatic rings. The number of fused-ring (bicyclic) bond motifs is 1. The van der Waals surface area contributed by atoms with Crippen LogP contribution in [0.1, 0.15) is 37.8 Å². The van der Waals surface area contributed by atoms with Crippen LogP contribution < -0.4 is 5.32 Å². The van der Waals surface area contributed by atoms with Crippen LogP contribution in [0.5, 0.6) is 0 Å². The van der Waals surface area contributed by atoms with Crippen LogP contribution in [0.25, 0.3) is 0 Å². The van der Waals surface area contributed by atoms with Gasteiger partial charge in [-0.1, -0.05) is 55.2 Å². The van der Waals surface area contributed by atoms with Gasteiger partial charge in [0.05, 0.1) is 6.10 Å². The number of amides is 3. The van der Waals surface area contributed by atoms with E-state index < -0.39 is 11.6 Å². The molecule has 0 aliphatic carbocycles. The number of carbonyl (C=O) groups is 2. The van der Waals surface area contributed by atoms with E-state index in [-0.39, 0.29) is 24.9 Å². The summed E-state index contributed by atoms with van der Waals surface area (Å²) in [7, 11) is 0. The maximum absolute atomic E-state index is 13.9. The van der Waals surface area contributed by atoms with E-state index >= 15 is 0 Å². The highest BCUT2D eigenvalue weighted by Crippen LogP contribution is 2.45. The highest BCUT2D eigenvalue weighted by atomic mass is 35.5. The molecule has 0 aromatic heterocycles. The quantitative estimate of drug-likeness (QED) is 0.604. The van der Waals surface area contributed by atoms with Crippen LogP contribution in [-0.2, 0) is 16.8 Å². The number of hydrogen-bond donors (Lipinski definition) is 2. The minimum absolute atomic E-state index is 0.243. The van der Waals surface area contributed by atoms with Crippen molar-refractivity contribution < 1.29 is 14.7 Å². The van der Waals surface area contributed by atoms with Crippen LogP contribution in [0.3, 0.4) is 0 Å². The van der Waals surface area contributed by atoms with Crippen molar-refractivity contribution in [2.75, 3.05) is 25.0 Å². The average Bonchev–Trinajstić information content (AvgIpc) is 3.29. The van der Waals surface area contributed by atoms with Crippen LogP contribution in [0.15, 0.2) is 42.5 Å². The zero-order valence-corrected chi connectivity index (χ0v) is 20.4. The number of carbonyl (C=O) groups excluding carboxylic acids is 2. The molecule has 6 nitrogen and oxygen atoms in total. The standard InChI is InChI=1S/C25H29Cl2N3O3/c1-16(2)8-11-30(24(33)29-10-9-20(31)15-29)25(14-17-4-3-5-18(26)12-17)21-7-6-19(27)13-22(21)28-23(25)32/h3-7,12-13,16,20,31H,8-11,14-15H2,1-2H3,(H,28,32). The molecule has 33 heavy (non-hydrogen) atoms. The molecule has 4 rings (SSSR count). The van der Waals surface area contributed by atoms with Crippen molar-refractivity contribution in [3.63, 3.8) is 0 Å². The lowest BCUT2D eigenvalue weighted by Crippen LogP contribution is -2.58. The first-order valence-corrected chi connectivity index (χ1v) is 12.1. The maximum Gasteiger partial charge on any atom is 0.321 e. The first-order chi connectivity index (χ1) is 15.7. The van der Waals surface area contributed by atoms with Crippen molar-refractivity contribution in [3.8, 4) is 0 Å². The summed E-state index contributed by atoms with van der Waals surface area (Å²) in [5.74, 6) is 0.0680. The largest absolute Gasteiger partial charge is 0.391 e. The lowest BCUT2D eigenvalue weighted by molar-refractivity contribution is -0.126. The van der Waals surface area contributed by atoms with Crippen LogP contribution in [0, 0.1) is 5.92 Å². The van der Waals surface area contributed by atoms with E-state index in [9.17, 15) is 14.7 Å². The molecular weight excluding hydrogens is 461 g/mol. The summed E-state index contributed by atoms with van der Waals surface area (Å²) in [4.78, 5) is 31.0. The van der Waals surface area contributed by atoms with Gasteiger partial charge in [0.1, 0.15) is 0 Å². The molecule has 2 N–H and O–H groups in total. The highest BCUT2D eigenvalue weighted by Gasteiger charge is 2.54. The molecule has 176 valence electrons. The molecule has 1 fully saturated rings. The summed E-state index contributed by atoms with van der Waals surface area (Å²) in [6, 6.07) is 12.4. The average molecular weight is 490 g/mol. The Balaban J connectivity index is 1.85. The van der Waals surface area contributed by atoms with Gasteiger partial charge in [-0.15, -0.1) is 0 Å². The molecule has 1 saturated heterocycles. The van der Waals surface area contributed by atoms with Gasteiger partial charge in [0.15, 0.2) is 5.54 Å². The number of nitrogens with one attached hydrogen (secondary N) is 1. The molecule has 2 atom stereocenters. The van der Waals surface area contributed by atoms with Gasteiger partial charge in [0.25, 0.3) is 5.91 Å². The fraction of sp³-hybridized carbons (Fsp3) is 0.440. The minimum atomic E-state index is -1.26. The SMILES string of the molecule is CC(C)CCN(C(=O)N1CCC(O)C1)C1(Cc2cccc(Cl)c2)C(=O)Nc2cc(Cl)ccc21. The van der Waals surface area contributed by atoms with Gasteiger partial charge in [-0.3, -0.25) is 4.79 Å². The highest BCUT2D eigenvalue weighted by molar-refractivity contribution is 6.31. The molecule has 2 aromatic rings. The summed E-state index contributed by atoms with van der Waals surface area (Å²) in [5.41, 5.74) is 0.917. The second-order valence-electron chi connectivity index (χ2n) is 9.32. The molecule has 2 aromatic carbocycles. The third-order valence-electron chi connectivity index (χ3n) is 6.46. The van der Waals surface area contributed by atoms with Gasteiger partial charge < -0.3 is 20.2 Å². The summed E-state index contributed by atoms with van der Waals surface area (Å²) in [6.07, 6.45) is 0.987. The number of anilines is 1. The molecule has 3 amide bonds. The summed E-state index contributed by atoms with van der Waals surface area (Å²) in [5, 5.41) is 14.1. The molecule has 0 bridgehead atoms. The van der Waals surface area contributed by atoms with Gasteiger partial charge in [-0.25, -0.2) is 4.79 Å². The Bertz CT molecular complexity index is 1060. The first-order valence-electron chi connectivity index (χ1n) is 11.3. The van der Waals surface area contributed by atoms with Crippen LogP contribution in [0.4, 0.5) is 10.5 Å². The number of benzene rings is 2. The molecule has 0 spiro atoms. The smallest absolute Gasteiger partial charge is 0.321 e. The monoisotopic (exact) mass is 489 g/mol. The van der Waals surface area contributed by atoms with Gasteiger partial charge in [0, 0.05) is 47.4 Å². The van der Waals surface area contributed by atoms with E-state index in [1.165, 1.54) is 0 Å². The molecule has 8 heteroatoms. The third kappa shape index (κ3) is 4.70. The van der Waals surface area contributed by atoms with Crippen molar-refractivity contribution in [1.29, 1.82) is 0 Å². The Kier molecular flexibility index (Phi) is 6.89. The number of halogens is 2. The second kappa shape index (κ2) is 9.53. The number of rotatable bonds is 6. The van der Waals surface area contributed by atoms with Crippen molar-refractivity contribution >= 4 is 40.8 Å². The Morgan fingerprint density at radius 3 is 2.67 bits per heavy atom. The number of aliphatic hydroxyl groups is 1. The normalized spacial score (nSPS) is 21.9. The summed E-state index contributed by atoms with van der Waals surface area (Å²) >= 11 is 12.5. The van der Waals surface area contributed by atoms with Crippen LogP contribution >= 0.6 is 23.2 Å². The number of nitrogens with zero attached hydrogens (tertiary/aromatic N) is 2. The lowest BCUT2D eigenvalue weighted by Gasteiger charge is -2.42. The number of likely N-dealkylation sites (tertiary alicyclic amines) is 1. The van der Waals surface area contributed by atoms with Gasteiger partial charge in [-0.2, -0.15) is 0 Å².